The monoisotopic (exact) mass is 471 g/mol. The zero-order valence-corrected chi connectivity index (χ0v) is 20.0. The maximum atomic E-state index is 12.4. The number of nitrogens with one attached hydrogen (secondary N) is 2. The number of ether oxygens (including phenoxy) is 1. The van der Waals surface area contributed by atoms with E-state index in [4.69, 9.17) is 4.74 Å². The molecule has 0 saturated carbocycles. The minimum Gasteiger partial charge on any atom is -0.484 e. The zero-order valence-electron chi connectivity index (χ0n) is 19.2. The van der Waals surface area contributed by atoms with Crippen LogP contribution in [-0.4, -0.2) is 23.6 Å². The third kappa shape index (κ3) is 6.14. The molecule has 1 saturated heterocycles. The highest BCUT2D eigenvalue weighted by molar-refractivity contribution is 8.18. The van der Waals surface area contributed by atoms with Gasteiger partial charge >= 0.3 is 0 Å². The molecule has 6 nitrogen and oxygen atoms in total. The number of thioether (sulfide) groups is 1. The van der Waals surface area contributed by atoms with Crippen molar-refractivity contribution >= 4 is 46.2 Å². The van der Waals surface area contributed by atoms with Gasteiger partial charge in [0.1, 0.15) is 5.75 Å². The van der Waals surface area contributed by atoms with Gasteiger partial charge in [-0.1, -0.05) is 42.0 Å². The molecule has 0 aromatic heterocycles. The van der Waals surface area contributed by atoms with Gasteiger partial charge in [-0.2, -0.15) is 0 Å². The van der Waals surface area contributed by atoms with E-state index < -0.39 is 0 Å². The number of benzene rings is 3. The number of hydrogen-bond donors (Lipinski definition) is 2. The van der Waals surface area contributed by atoms with Crippen molar-refractivity contribution in [1.82, 2.24) is 5.32 Å². The van der Waals surface area contributed by atoms with Gasteiger partial charge in [0.15, 0.2) is 11.8 Å². The van der Waals surface area contributed by atoms with Gasteiger partial charge in [0.05, 0.1) is 10.6 Å². The average Bonchev–Trinajstić information content (AvgIpc) is 3.14. The predicted molar refractivity (Wildman–Crippen MR) is 138 cm³/mol. The molecule has 3 aromatic carbocycles. The normalized spacial score (nSPS) is 15.4. The molecule has 2 N–H and O–H groups in total. The minimum atomic E-state index is -0.230. The van der Waals surface area contributed by atoms with Crippen molar-refractivity contribution in [1.29, 1.82) is 0 Å². The Balaban J connectivity index is 1.35. The number of carbonyl (C=O) groups excluding carboxylic acids is 2. The lowest BCUT2D eigenvalue weighted by Crippen LogP contribution is -2.20. The Morgan fingerprint density at radius 1 is 1.03 bits per heavy atom. The number of aliphatic imine (C=N–C) groups is 1. The molecule has 0 atom stereocenters. The van der Waals surface area contributed by atoms with E-state index in [1.807, 2.05) is 69.3 Å². The Hall–Kier alpha value is -3.84. The van der Waals surface area contributed by atoms with Crippen LogP contribution in [0.2, 0.25) is 0 Å². The highest BCUT2D eigenvalue weighted by atomic mass is 32.2. The molecular weight excluding hydrogens is 446 g/mol. The van der Waals surface area contributed by atoms with Crippen LogP contribution in [0.4, 0.5) is 11.4 Å². The maximum Gasteiger partial charge on any atom is 0.264 e. The number of amides is 2. The zero-order chi connectivity index (χ0) is 24.1. The summed E-state index contributed by atoms with van der Waals surface area (Å²) < 4.78 is 5.58. The second-order valence-electron chi connectivity index (χ2n) is 8.05. The van der Waals surface area contributed by atoms with E-state index >= 15 is 0 Å². The third-order valence-corrected chi connectivity index (χ3v) is 5.98. The summed E-state index contributed by atoms with van der Waals surface area (Å²) in [5.74, 6) is 0.162. The van der Waals surface area contributed by atoms with Crippen LogP contribution in [0, 0.1) is 20.8 Å². The fourth-order valence-electron chi connectivity index (χ4n) is 3.40. The van der Waals surface area contributed by atoms with Crippen molar-refractivity contribution < 1.29 is 14.3 Å². The first-order valence-electron chi connectivity index (χ1n) is 10.8. The molecule has 0 unspecified atom stereocenters. The molecule has 0 spiro atoms. The van der Waals surface area contributed by atoms with Crippen LogP contribution in [0.15, 0.2) is 76.6 Å². The summed E-state index contributed by atoms with van der Waals surface area (Å²) in [4.78, 5) is 29.7. The number of aryl methyl sites for hydroxylation is 3. The molecule has 0 radical (unpaired) electrons. The van der Waals surface area contributed by atoms with E-state index in [0.717, 1.165) is 28.1 Å². The Morgan fingerprint density at radius 3 is 2.53 bits per heavy atom. The molecule has 3 aromatic rings. The van der Waals surface area contributed by atoms with Crippen LogP contribution in [0.5, 0.6) is 5.75 Å². The molecule has 1 aliphatic rings. The van der Waals surface area contributed by atoms with Gasteiger partial charge in [-0.25, -0.2) is 4.99 Å². The van der Waals surface area contributed by atoms with Gasteiger partial charge in [0.2, 0.25) is 0 Å². The third-order valence-electron chi connectivity index (χ3n) is 5.07. The molecule has 34 heavy (non-hydrogen) atoms. The highest BCUT2D eigenvalue weighted by Crippen LogP contribution is 2.29. The lowest BCUT2D eigenvalue weighted by atomic mass is 10.1. The number of hydrogen-bond acceptors (Lipinski definition) is 5. The van der Waals surface area contributed by atoms with Crippen LogP contribution in [0.3, 0.4) is 0 Å². The van der Waals surface area contributed by atoms with E-state index in [9.17, 15) is 9.59 Å². The molecule has 172 valence electrons. The van der Waals surface area contributed by atoms with Crippen molar-refractivity contribution in [3.63, 3.8) is 0 Å². The Labute approximate surface area is 203 Å². The van der Waals surface area contributed by atoms with E-state index in [1.54, 1.807) is 18.2 Å². The van der Waals surface area contributed by atoms with Crippen LogP contribution in [0.25, 0.3) is 6.08 Å². The summed E-state index contributed by atoms with van der Waals surface area (Å²) in [5.41, 5.74) is 5.72. The van der Waals surface area contributed by atoms with Crippen molar-refractivity contribution in [2.24, 2.45) is 4.99 Å². The number of rotatable bonds is 6. The van der Waals surface area contributed by atoms with Crippen molar-refractivity contribution in [2.75, 3.05) is 11.9 Å². The van der Waals surface area contributed by atoms with Gasteiger partial charge in [0.25, 0.3) is 11.8 Å². The van der Waals surface area contributed by atoms with Crippen LogP contribution < -0.4 is 15.4 Å². The molecule has 1 fully saturated rings. The lowest BCUT2D eigenvalue weighted by molar-refractivity contribution is -0.118. The van der Waals surface area contributed by atoms with E-state index in [0.29, 0.717) is 15.8 Å². The fraction of sp³-hybridized carbons (Fsp3) is 0.148. The minimum absolute atomic E-state index is 0.0924. The Kier molecular flexibility index (Phi) is 7.13. The molecular formula is C27H25N3O3S. The topological polar surface area (TPSA) is 79.8 Å². The second kappa shape index (κ2) is 10.4. The van der Waals surface area contributed by atoms with Crippen LogP contribution >= 0.6 is 11.8 Å². The number of anilines is 1. The predicted octanol–water partition coefficient (Wildman–Crippen LogP) is 5.52. The summed E-state index contributed by atoms with van der Waals surface area (Å²) in [6, 6.07) is 20.8. The summed E-state index contributed by atoms with van der Waals surface area (Å²) in [7, 11) is 0. The molecule has 0 bridgehead atoms. The van der Waals surface area contributed by atoms with Crippen LogP contribution in [-0.2, 0) is 9.59 Å². The highest BCUT2D eigenvalue weighted by Gasteiger charge is 2.24. The summed E-state index contributed by atoms with van der Waals surface area (Å²) in [6.07, 6.45) is 1.80. The number of carbonyl (C=O) groups is 2. The lowest BCUT2D eigenvalue weighted by Gasteiger charge is -2.08. The van der Waals surface area contributed by atoms with Crippen molar-refractivity contribution in [3.8, 4) is 5.75 Å². The first-order valence-corrected chi connectivity index (χ1v) is 11.6. The molecule has 1 aliphatic heterocycles. The van der Waals surface area contributed by atoms with Gasteiger partial charge in [0, 0.05) is 5.69 Å². The Bertz CT molecular complexity index is 1300. The molecule has 0 aliphatic carbocycles. The maximum absolute atomic E-state index is 12.4. The largest absolute Gasteiger partial charge is 0.484 e. The first-order chi connectivity index (χ1) is 16.4. The molecule has 7 heteroatoms. The second-order valence-corrected chi connectivity index (χ2v) is 9.08. The van der Waals surface area contributed by atoms with Gasteiger partial charge in [-0.15, -0.1) is 0 Å². The molecule has 2 amide bonds. The van der Waals surface area contributed by atoms with E-state index in [2.05, 4.69) is 21.7 Å². The Morgan fingerprint density at radius 2 is 1.79 bits per heavy atom. The first kappa shape index (κ1) is 23.3. The average molecular weight is 472 g/mol. The van der Waals surface area contributed by atoms with Crippen molar-refractivity contribution in [3.05, 3.63) is 93.9 Å². The molecule has 4 rings (SSSR count). The fourth-order valence-corrected chi connectivity index (χ4v) is 4.24. The SMILES string of the molecule is Cc1cccc(NC(=O)COc2ccc(/C=C3\SC(=Nc4ccc(C)cc4C)NC3=O)cc2)c1. The number of amidine groups is 1. The standard InChI is InChI=1S/C27H25N3O3S/c1-17-5-4-6-21(14-17)28-25(31)16-33-22-10-8-20(9-11-22)15-24-26(32)30-27(34-24)29-23-12-7-18(2)13-19(23)3/h4-15H,16H2,1-3H3,(H,28,31)(H,29,30,32)/b24-15-. The van der Waals surface area contributed by atoms with E-state index in [1.165, 1.54) is 17.3 Å². The summed E-state index contributed by atoms with van der Waals surface area (Å²) in [5, 5.41) is 6.19. The van der Waals surface area contributed by atoms with Gasteiger partial charge in [-0.3, -0.25) is 9.59 Å². The quantitative estimate of drug-likeness (QED) is 0.464. The van der Waals surface area contributed by atoms with E-state index in [-0.39, 0.29) is 18.4 Å². The summed E-state index contributed by atoms with van der Waals surface area (Å²) in [6.45, 7) is 5.91. The smallest absolute Gasteiger partial charge is 0.264 e. The number of nitrogens with zero attached hydrogens (tertiary/aromatic N) is 1. The van der Waals surface area contributed by atoms with Crippen molar-refractivity contribution in [2.45, 2.75) is 20.8 Å². The van der Waals surface area contributed by atoms with Crippen LogP contribution in [0.1, 0.15) is 22.3 Å². The van der Waals surface area contributed by atoms with Gasteiger partial charge < -0.3 is 15.4 Å². The molecule has 1 heterocycles. The summed E-state index contributed by atoms with van der Waals surface area (Å²) >= 11 is 1.31. The van der Waals surface area contributed by atoms with Gasteiger partial charge in [-0.05, 0) is 85.6 Å².